The number of cyclic esters (lactones) is 1. The Hall–Kier alpha value is -3.97. The van der Waals surface area contributed by atoms with E-state index in [2.05, 4.69) is 16.0 Å². The first-order valence-electron chi connectivity index (χ1n) is 25.2. The predicted octanol–water partition coefficient (Wildman–Crippen LogP) is -0.106. The number of allylic oxidation sites excluding steroid dienone is 12. The molecule has 0 aliphatic carbocycles. The minimum absolute atomic E-state index is 0.107. The molecule has 0 saturated carbocycles. The zero-order valence-electron chi connectivity index (χ0n) is 41.8. The van der Waals surface area contributed by atoms with E-state index < -0.39 is 159 Å². The smallest absolute Gasteiger partial charge is 0.308 e. The monoisotopic (exact) mass is 1020 g/mol. The summed E-state index contributed by atoms with van der Waals surface area (Å²) in [5.74, 6) is -6.49. The number of carbonyl (C=O) groups excluding carboxylic acids is 3. The zero-order chi connectivity index (χ0) is 53.0. The summed E-state index contributed by atoms with van der Waals surface area (Å²) in [6.07, 6.45) is 4.77. The van der Waals surface area contributed by atoms with Gasteiger partial charge in [0.1, 0.15) is 12.2 Å². The first kappa shape index (κ1) is 60.6. The first-order chi connectivity index (χ1) is 34.2. The summed E-state index contributed by atoms with van der Waals surface area (Å²) in [5.41, 5.74) is 0. The van der Waals surface area contributed by atoms with Crippen LogP contribution in [0.4, 0.5) is 0 Å². The maximum atomic E-state index is 13.8. The van der Waals surface area contributed by atoms with Crippen molar-refractivity contribution >= 4 is 17.8 Å². The van der Waals surface area contributed by atoms with Crippen LogP contribution in [0.15, 0.2) is 85.1 Å². The molecule has 5 bridgehead atoms. The molecule has 4 aliphatic rings. The molecular formula is C52H81N3O17. The van der Waals surface area contributed by atoms with Gasteiger partial charge in [-0.15, -0.1) is 0 Å². The van der Waals surface area contributed by atoms with E-state index in [4.69, 9.17) is 18.9 Å². The fourth-order valence-electron chi connectivity index (χ4n) is 9.13. The minimum Gasteiger partial charge on any atom is -0.462 e. The van der Waals surface area contributed by atoms with Crippen molar-refractivity contribution in [1.82, 2.24) is 16.0 Å². The number of hydrogen-bond acceptors (Lipinski definition) is 18. The van der Waals surface area contributed by atoms with Crippen molar-refractivity contribution in [2.24, 2.45) is 17.8 Å². The Bertz CT molecular complexity index is 1890. The van der Waals surface area contributed by atoms with Crippen LogP contribution < -0.4 is 16.0 Å². The number of amides is 2. The lowest BCUT2D eigenvalue weighted by Gasteiger charge is -2.46. The van der Waals surface area contributed by atoms with Gasteiger partial charge >= 0.3 is 5.97 Å². The molecule has 20 heteroatoms. The molecule has 406 valence electrons. The van der Waals surface area contributed by atoms with Gasteiger partial charge in [-0.25, -0.2) is 0 Å². The van der Waals surface area contributed by atoms with Gasteiger partial charge in [-0.2, -0.15) is 0 Å². The Morgan fingerprint density at radius 2 is 1.22 bits per heavy atom. The van der Waals surface area contributed by atoms with Crippen molar-refractivity contribution in [2.45, 2.75) is 183 Å². The Labute approximate surface area is 422 Å². The Kier molecular flexibility index (Phi) is 25.6. The van der Waals surface area contributed by atoms with Crippen molar-refractivity contribution < 1.29 is 84.4 Å². The topological polar surface area (TPSA) is 327 Å². The van der Waals surface area contributed by atoms with E-state index in [0.29, 0.717) is 6.42 Å². The molecule has 0 spiro atoms. The van der Waals surface area contributed by atoms with Crippen molar-refractivity contribution in [3.8, 4) is 0 Å². The number of hydrogen-bond donors (Lipinski definition) is 13. The number of carbonyl (C=O) groups is 3. The molecule has 19 atom stereocenters. The number of rotatable bonds is 0. The van der Waals surface area contributed by atoms with Gasteiger partial charge in [0.15, 0.2) is 12.1 Å². The molecule has 2 amide bonds. The first-order valence-corrected chi connectivity index (χ1v) is 25.2. The Morgan fingerprint density at radius 1 is 0.597 bits per heavy atom. The second-order valence-electron chi connectivity index (χ2n) is 19.6. The summed E-state index contributed by atoms with van der Waals surface area (Å²) < 4.78 is 24.0. The van der Waals surface area contributed by atoms with Gasteiger partial charge < -0.3 is 86.0 Å². The summed E-state index contributed by atoms with van der Waals surface area (Å²) in [6.45, 7) is 6.87. The molecule has 20 nitrogen and oxygen atoms in total. The second-order valence-corrected chi connectivity index (χ2v) is 19.6. The molecule has 0 radical (unpaired) electrons. The lowest BCUT2D eigenvalue weighted by Crippen LogP contribution is -2.63. The normalized spacial score (nSPS) is 40.9. The van der Waals surface area contributed by atoms with Gasteiger partial charge in [-0.1, -0.05) is 98.9 Å². The number of nitrogens with one attached hydrogen (secondary N) is 3. The van der Waals surface area contributed by atoms with Crippen LogP contribution in [-0.4, -0.2) is 186 Å². The van der Waals surface area contributed by atoms with E-state index in [-0.39, 0.29) is 44.7 Å². The fraction of sp³-hybridized carbons (Fsp3) is 0.673. The molecule has 72 heavy (non-hydrogen) atoms. The van der Waals surface area contributed by atoms with Crippen LogP contribution >= 0.6 is 0 Å². The van der Waals surface area contributed by atoms with Gasteiger partial charge in [-0.05, 0) is 46.1 Å². The quantitative estimate of drug-likeness (QED) is 0.141. The van der Waals surface area contributed by atoms with E-state index in [1.807, 2.05) is 37.3 Å². The van der Waals surface area contributed by atoms with Crippen LogP contribution in [0.1, 0.15) is 85.5 Å². The average molecular weight is 1020 g/mol. The number of fused-ring (bicyclic) bond motifs is 4. The molecule has 4 heterocycles. The molecule has 13 N–H and O–H groups in total. The molecule has 0 aromatic heterocycles. The molecule has 4 aliphatic heterocycles. The van der Waals surface area contributed by atoms with Gasteiger partial charge in [0.25, 0.3) is 0 Å². The lowest BCUT2D eigenvalue weighted by molar-refractivity contribution is -0.308. The van der Waals surface area contributed by atoms with Crippen LogP contribution in [0.3, 0.4) is 0 Å². The highest BCUT2D eigenvalue weighted by atomic mass is 16.7. The van der Waals surface area contributed by atoms with Crippen LogP contribution in [0.2, 0.25) is 0 Å². The van der Waals surface area contributed by atoms with Gasteiger partial charge in [0, 0.05) is 44.1 Å². The molecule has 4 rings (SSSR count). The van der Waals surface area contributed by atoms with Gasteiger partial charge in [0.05, 0.1) is 92.1 Å². The Morgan fingerprint density at radius 3 is 1.88 bits per heavy atom. The van der Waals surface area contributed by atoms with Crippen LogP contribution in [0, 0.1) is 17.8 Å². The average Bonchev–Trinajstić information content (AvgIpc) is 3.30. The number of aliphatic hydroxyl groups is 10. The van der Waals surface area contributed by atoms with E-state index in [0.717, 1.165) is 0 Å². The van der Waals surface area contributed by atoms with E-state index >= 15 is 0 Å². The molecule has 0 unspecified atom stereocenters. The van der Waals surface area contributed by atoms with E-state index in [1.54, 1.807) is 75.5 Å². The highest BCUT2D eigenvalue weighted by Crippen LogP contribution is 2.38. The highest BCUT2D eigenvalue weighted by molar-refractivity contribution is 5.86. The molecular weight excluding hydrogens is 939 g/mol. The Balaban J connectivity index is 1.63. The van der Waals surface area contributed by atoms with E-state index in [1.165, 1.54) is 0 Å². The third-order valence-corrected chi connectivity index (χ3v) is 13.5. The standard InChI is InChI=1S/C52H81N3O17/c1-31-18-15-13-11-9-7-5-6-8-10-12-14-16-19-38-27-42-45(50(67)55-30-43(62)53-22-17-23-54-46-48(65)34(4)70-51(71-38)49(46)66)41(61)29-52(68,72-42)28-37(58)25-40(60)39(59)21-20-35(56)24-36(57)26-44(63)69-33(3)32(2)47(31)64/h5-16,18-19,31-42,45-49,51,54,56-61,64-66,68H,17,20-30H2,1-4H3,(H,53,62)(H,55,67)/t31-,32-,33-,34+,35+,36+,37-,38-,39+,40+,41-,42-,45+,46-,47+,48+,49-,51-,52+/m0/s1. The van der Waals surface area contributed by atoms with Crippen molar-refractivity contribution in [2.75, 3.05) is 19.6 Å². The zero-order valence-corrected chi connectivity index (χ0v) is 41.8. The van der Waals surface area contributed by atoms with Gasteiger partial charge in [-0.3, -0.25) is 14.4 Å². The third kappa shape index (κ3) is 20.0. The van der Waals surface area contributed by atoms with Crippen LogP contribution in [-0.2, 0) is 33.3 Å². The van der Waals surface area contributed by atoms with Crippen molar-refractivity contribution in [3.05, 3.63) is 85.1 Å². The number of ether oxygens (including phenoxy) is 4. The summed E-state index contributed by atoms with van der Waals surface area (Å²) in [4.78, 5) is 39.2. The van der Waals surface area contributed by atoms with E-state index in [9.17, 15) is 65.4 Å². The third-order valence-electron chi connectivity index (χ3n) is 13.5. The van der Waals surface area contributed by atoms with Crippen LogP contribution in [0.25, 0.3) is 0 Å². The maximum Gasteiger partial charge on any atom is 0.308 e. The predicted molar refractivity (Wildman–Crippen MR) is 264 cm³/mol. The van der Waals surface area contributed by atoms with Gasteiger partial charge in [0.2, 0.25) is 11.8 Å². The lowest BCUT2D eigenvalue weighted by atomic mass is 9.82. The number of esters is 1. The second kappa shape index (κ2) is 30.4. The van der Waals surface area contributed by atoms with Crippen LogP contribution in [0.5, 0.6) is 0 Å². The summed E-state index contributed by atoms with van der Waals surface area (Å²) in [7, 11) is 0. The molecule has 3 fully saturated rings. The largest absolute Gasteiger partial charge is 0.462 e. The molecule has 0 aromatic carbocycles. The summed E-state index contributed by atoms with van der Waals surface area (Å²) in [5, 5.41) is 119. The maximum absolute atomic E-state index is 13.8. The van der Waals surface area contributed by atoms with Crippen molar-refractivity contribution in [1.29, 1.82) is 0 Å². The highest BCUT2D eigenvalue weighted by Gasteiger charge is 2.51. The summed E-state index contributed by atoms with van der Waals surface area (Å²) >= 11 is 0. The summed E-state index contributed by atoms with van der Waals surface area (Å²) in [6, 6.07) is -0.907. The fourth-order valence-corrected chi connectivity index (χ4v) is 9.13. The number of aliphatic hydroxyl groups excluding tert-OH is 9. The molecule has 0 aromatic rings. The SMILES string of the molecule is C[C@@H]1[C@H](O)[C@@H](C)C=CC=CC=CC=CC=CC=CC=C[C@H]2C[C@@H]3O[C@](O)(C[C@@H](O)C[C@@H](O)[C@H](O)CC[C@@H](O)C[C@@H](O)CC(=O)O[C@H]1C)C[C@H](O)[C@H]3C(=O)NCC(=O)NCCCN[C@@H]1[C@H](O)[C@H](O2)O[C@H](C)[C@H]1O. The minimum atomic E-state index is -2.32. The van der Waals surface area contributed by atoms with Crippen molar-refractivity contribution in [3.63, 3.8) is 0 Å². The molecule has 3 saturated heterocycles.